The van der Waals surface area contributed by atoms with E-state index in [4.69, 9.17) is 5.11 Å². The highest BCUT2D eigenvalue weighted by Crippen LogP contribution is 2.01. The predicted molar refractivity (Wildman–Crippen MR) is 105 cm³/mol. The molecule has 0 spiro atoms. The first kappa shape index (κ1) is 22.2. The van der Waals surface area contributed by atoms with Gasteiger partial charge in [-0.25, -0.2) is 0 Å². The molecule has 1 N–H and O–H groups in total. The number of hydrogen-bond donors (Lipinski definition) is 1. The van der Waals surface area contributed by atoms with E-state index in [9.17, 15) is 4.79 Å². The van der Waals surface area contributed by atoms with Crippen molar-refractivity contribution in [2.24, 2.45) is 0 Å². The molecule has 0 radical (unpaired) electrons. The average Bonchev–Trinajstić information content (AvgIpc) is 2.56. The lowest BCUT2D eigenvalue weighted by atomic mass is 10.2. The van der Waals surface area contributed by atoms with Crippen molar-refractivity contribution in [3.8, 4) is 0 Å². The molecule has 0 fully saturated rings. The lowest BCUT2D eigenvalue weighted by molar-refractivity contribution is -0.136. The van der Waals surface area contributed by atoms with Gasteiger partial charge in [0.2, 0.25) is 0 Å². The summed E-state index contributed by atoms with van der Waals surface area (Å²) in [4.78, 5) is 10.3. The first-order valence-electron chi connectivity index (χ1n) is 9.24. The first-order chi connectivity index (χ1) is 11.8. The fourth-order valence-electron chi connectivity index (χ4n) is 2.04. The van der Waals surface area contributed by atoms with Crippen molar-refractivity contribution in [3.63, 3.8) is 0 Å². The highest BCUT2D eigenvalue weighted by molar-refractivity contribution is 5.66. The fourth-order valence-corrected chi connectivity index (χ4v) is 2.04. The van der Waals surface area contributed by atoms with Crippen molar-refractivity contribution in [1.82, 2.24) is 0 Å². The highest BCUT2D eigenvalue weighted by atomic mass is 16.4. The molecule has 0 aliphatic heterocycles. The standard InChI is InChI=1S/C22H34O2/c1-2-3-4-5-6-7-8-9-10-11-12-13-14-15-16-17-18-19-20-21-22(23)24/h6-7,9-10,12-13,15-16,18-19H,2-5,8,11,14,17,20-21H2,1H3,(H,23,24)/b7-6-,10-9+,13-12+,16-15-,19-18-. The molecule has 0 aromatic heterocycles. The quantitative estimate of drug-likeness (QED) is 0.265. The van der Waals surface area contributed by atoms with Crippen LogP contribution in [-0.4, -0.2) is 11.1 Å². The Hall–Kier alpha value is -1.83. The Bertz CT molecular complexity index is 425. The van der Waals surface area contributed by atoms with E-state index in [0.717, 1.165) is 25.7 Å². The van der Waals surface area contributed by atoms with Crippen molar-refractivity contribution in [1.29, 1.82) is 0 Å². The van der Waals surface area contributed by atoms with Gasteiger partial charge in [-0.2, -0.15) is 0 Å². The van der Waals surface area contributed by atoms with Gasteiger partial charge in [-0.15, -0.1) is 0 Å². The van der Waals surface area contributed by atoms with Gasteiger partial charge in [-0.3, -0.25) is 4.79 Å². The monoisotopic (exact) mass is 330 g/mol. The summed E-state index contributed by atoms with van der Waals surface area (Å²) in [5.41, 5.74) is 0. The Kier molecular flexibility index (Phi) is 17.8. The van der Waals surface area contributed by atoms with E-state index < -0.39 is 5.97 Å². The summed E-state index contributed by atoms with van der Waals surface area (Å²) in [6.45, 7) is 2.23. The second-order valence-electron chi connectivity index (χ2n) is 5.73. The van der Waals surface area contributed by atoms with Crippen LogP contribution in [0.4, 0.5) is 0 Å². The summed E-state index contributed by atoms with van der Waals surface area (Å²) < 4.78 is 0. The molecule has 0 aromatic carbocycles. The third kappa shape index (κ3) is 20.2. The molecular formula is C22H34O2. The van der Waals surface area contributed by atoms with Gasteiger partial charge in [-0.05, 0) is 44.9 Å². The summed E-state index contributed by atoms with van der Waals surface area (Å²) in [6.07, 6.45) is 31.4. The fraction of sp³-hybridized carbons (Fsp3) is 0.500. The normalized spacial score (nSPS) is 12.7. The molecule has 2 nitrogen and oxygen atoms in total. The third-order valence-corrected chi connectivity index (χ3v) is 3.42. The Morgan fingerprint density at radius 2 is 1.08 bits per heavy atom. The number of carboxylic acids is 1. The molecule has 0 aliphatic carbocycles. The topological polar surface area (TPSA) is 37.3 Å². The van der Waals surface area contributed by atoms with Gasteiger partial charge in [0.05, 0.1) is 0 Å². The molecule has 0 aliphatic rings. The second kappa shape index (κ2) is 19.2. The zero-order valence-electron chi connectivity index (χ0n) is 15.2. The third-order valence-electron chi connectivity index (χ3n) is 3.42. The van der Waals surface area contributed by atoms with E-state index in [2.05, 4.69) is 55.5 Å². The summed E-state index contributed by atoms with van der Waals surface area (Å²) in [6, 6.07) is 0. The van der Waals surface area contributed by atoms with E-state index in [1.165, 1.54) is 25.7 Å². The minimum absolute atomic E-state index is 0.213. The number of hydrogen-bond acceptors (Lipinski definition) is 1. The van der Waals surface area contributed by atoms with E-state index in [-0.39, 0.29) is 6.42 Å². The average molecular weight is 331 g/mol. The minimum atomic E-state index is -0.739. The number of rotatable bonds is 15. The molecule has 24 heavy (non-hydrogen) atoms. The maximum absolute atomic E-state index is 10.3. The molecule has 134 valence electrons. The molecule has 2 heteroatoms. The number of carbonyl (C=O) groups is 1. The van der Waals surface area contributed by atoms with Crippen LogP contribution in [0.1, 0.15) is 71.1 Å². The highest BCUT2D eigenvalue weighted by Gasteiger charge is 1.90. The maximum Gasteiger partial charge on any atom is 0.303 e. The second-order valence-corrected chi connectivity index (χ2v) is 5.73. The van der Waals surface area contributed by atoms with Crippen LogP contribution < -0.4 is 0 Å². The van der Waals surface area contributed by atoms with Crippen LogP contribution in [0.5, 0.6) is 0 Å². The van der Waals surface area contributed by atoms with Gasteiger partial charge in [0.25, 0.3) is 0 Å². The molecule has 0 amide bonds. The molecule has 0 saturated heterocycles. The Morgan fingerprint density at radius 1 is 0.667 bits per heavy atom. The van der Waals surface area contributed by atoms with Crippen LogP contribution in [-0.2, 0) is 4.79 Å². The molecule has 0 atom stereocenters. The van der Waals surface area contributed by atoms with Crippen LogP contribution in [0.25, 0.3) is 0 Å². The smallest absolute Gasteiger partial charge is 0.303 e. The molecule has 0 heterocycles. The van der Waals surface area contributed by atoms with Gasteiger partial charge in [0, 0.05) is 6.42 Å². The van der Waals surface area contributed by atoms with Crippen molar-refractivity contribution in [2.45, 2.75) is 71.1 Å². The van der Waals surface area contributed by atoms with Crippen molar-refractivity contribution >= 4 is 5.97 Å². The van der Waals surface area contributed by atoms with E-state index in [1.807, 2.05) is 12.2 Å². The number of carboxylic acid groups (broad SMARTS) is 1. The number of allylic oxidation sites excluding steroid dienone is 10. The predicted octanol–water partition coefficient (Wildman–Crippen LogP) is 6.77. The molecule has 0 saturated carbocycles. The summed E-state index contributed by atoms with van der Waals surface area (Å²) in [5, 5.41) is 8.49. The molecule has 0 rings (SSSR count). The Labute approximate surface area is 148 Å². The van der Waals surface area contributed by atoms with Gasteiger partial charge in [-0.1, -0.05) is 80.5 Å². The summed E-state index contributed by atoms with van der Waals surface area (Å²) in [7, 11) is 0. The van der Waals surface area contributed by atoms with Crippen molar-refractivity contribution < 1.29 is 9.90 Å². The van der Waals surface area contributed by atoms with Crippen LogP contribution in [0.15, 0.2) is 60.8 Å². The number of aliphatic carboxylic acids is 1. The lowest BCUT2D eigenvalue weighted by Gasteiger charge is -1.90. The van der Waals surface area contributed by atoms with Gasteiger partial charge >= 0.3 is 5.97 Å². The van der Waals surface area contributed by atoms with Crippen molar-refractivity contribution in [2.75, 3.05) is 0 Å². The zero-order chi connectivity index (χ0) is 17.7. The Balaban J connectivity index is 3.46. The summed E-state index contributed by atoms with van der Waals surface area (Å²) in [5.74, 6) is -0.739. The molecule has 0 aromatic rings. The zero-order valence-corrected chi connectivity index (χ0v) is 15.2. The van der Waals surface area contributed by atoms with Crippen LogP contribution in [0.3, 0.4) is 0 Å². The van der Waals surface area contributed by atoms with E-state index in [0.29, 0.717) is 6.42 Å². The molecular weight excluding hydrogens is 296 g/mol. The van der Waals surface area contributed by atoms with Crippen LogP contribution >= 0.6 is 0 Å². The van der Waals surface area contributed by atoms with E-state index in [1.54, 1.807) is 0 Å². The van der Waals surface area contributed by atoms with Gasteiger partial charge < -0.3 is 5.11 Å². The molecule has 0 unspecified atom stereocenters. The van der Waals surface area contributed by atoms with Crippen LogP contribution in [0, 0.1) is 0 Å². The maximum atomic E-state index is 10.3. The van der Waals surface area contributed by atoms with Crippen LogP contribution in [0.2, 0.25) is 0 Å². The SMILES string of the molecule is CCCCC/C=C\C/C=C/C/C=C/C/C=C\C/C=C\CCC(=O)O. The molecule has 0 bridgehead atoms. The van der Waals surface area contributed by atoms with E-state index >= 15 is 0 Å². The lowest BCUT2D eigenvalue weighted by Crippen LogP contribution is -1.91. The van der Waals surface area contributed by atoms with Gasteiger partial charge in [0.15, 0.2) is 0 Å². The largest absolute Gasteiger partial charge is 0.481 e. The van der Waals surface area contributed by atoms with Gasteiger partial charge in [0.1, 0.15) is 0 Å². The Morgan fingerprint density at radius 3 is 1.50 bits per heavy atom. The summed E-state index contributed by atoms with van der Waals surface area (Å²) >= 11 is 0. The number of unbranched alkanes of at least 4 members (excludes halogenated alkanes) is 3. The first-order valence-corrected chi connectivity index (χ1v) is 9.24. The minimum Gasteiger partial charge on any atom is -0.481 e. The van der Waals surface area contributed by atoms with Crippen molar-refractivity contribution in [3.05, 3.63) is 60.8 Å².